The fraction of sp³-hybridized carbons (Fsp3) is 0.652. The van der Waals surface area contributed by atoms with Gasteiger partial charge in [-0.15, -0.1) is 0 Å². The van der Waals surface area contributed by atoms with Crippen LogP contribution in [0.1, 0.15) is 57.8 Å². The summed E-state index contributed by atoms with van der Waals surface area (Å²) in [6, 6.07) is 6.26. The van der Waals surface area contributed by atoms with Crippen LogP contribution in [0.3, 0.4) is 0 Å². The molecule has 5 fully saturated rings. The number of benzene rings is 1. The van der Waals surface area contributed by atoms with Gasteiger partial charge in [0, 0.05) is 11.5 Å². The Morgan fingerprint density at radius 1 is 1.03 bits per heavy atom. The minimum Gasteiger partial charge on any atom is -0.369 e. The molecule has 7 nitrogen and oxygen atoms in total. The Morgan fingerprint density at radius 3 is 2.25 bits per heavy atom. The van der Waals surface area contributed by atoms with Crippen molar-refractivity contribution in [3.63, 3.8) is 0 Å². The largest absolute Gasteiger partial charge is 0.369 e. The topological polar surface area (TPSA) is 118 Å². The van der Waals surface area contributed by atoms with Crippen LogP contribution in [0.25, 0.3) is 0 Å². The van der Waals surface area contributed by atoms with Crippen LogP contribution in [0, 0.1) is 23.2 Å². The first kappa shape index (κ1) is 22.0. The third kappa shape index (κ3) is 3.48. The second kappa shape index (κ2) is 7.59. The molecule has 4 N–H and O–H groups in total. The smallest absolute Gasteiger partial charge is 0.241 e. The molecule has 170 valence electrons. The van der Waals surface area contributed by atoms with E-state index in [0.29, 0.717) is 18.8 Å². The maximum Gasteiger partial charge on any atom is 0.241 e. The van der Waals surface area contributed by atoms with Gasteiger partial charge in [0.1, 0.15) is 13.4 Å². The molecule has 0 spiro atoms. The number of carbonyl (C=O) groups is 2. The highest BCUT2D eigenvalue weighted by Gasteiger charge is 2.59. The second-order valence-corrected chi connectivity index (χ2v) is 12.2. The van der Waals surface area contributed by atoms with Gasteiger partial charge in [0.15, 0.2) is 0 Å². The standard InChI is InChI=1S/C23H30BN3O4S/c24-17-5-1-2-6-18(17)32(30,31)27-23(7-3-4-8-23)21(29)26-19-15-9-14-10-16(19)13-22(11-14,12-15)20(25)28/h1-2,5-6,14-16,19,27H,3-4,7-13H2,(H2,25,28)(H,26,29). The summed E-state index contributed by atoms with van der Waals surface area (Å²) in [5.74, 6) is 0.476. The lowest BCUT2D eigenvalue weighted by Crippen LogP contribution is -2.65. The van der Waals surface area contributed by atoms with Crippen molar-refractivity contribution in [3.8, 4) is 0 Å². The van der Waals surface area contributed by atoms with Gasteiger partial charge in [-0.2, -0.15) is 4.72 Å². The molecule has 6 rings (SSSR count). The van der Waals surface area contributed by atoms with E-state index in [2.05, 4.69) is 10.0 Å². The van der Waals surface area contributed by atoms with E-state index in [-0.39, 0.29) is 40.1 Å². The maximum atomic E-state index is 13.6. The van der Waals surface area contributed by atoms with Crippen LogP contribution in [-0.4, -0.2) is 39.7 Å². The van der Waals surface area contributed by atoms with Crippen LogP contribution in [0.15, 0.2) is 29.2 Å². The van der Waals surface area contributed by atoms with Gasteiger partial charge in [0.25, 0.3) is 0 Å². The lowest BCUT2D eigenvalue weighted by Gasteiger charge is -2.59. The predicted molar refractivity (Wildman–Crippen MR) is 120 cm³/mol. The average Bonchev–Trinajstić information content (AvgIpc) is 3.19. The van der Waals surface area contributed by atoms with Crippen molar-refractivity contribution in [3.05, 3.63) is 24.3 Å². The molecule has 32 heavy (non-hydrogen) atoms. The molecular formula is C23H30BN3O4S. The second-order valence-electron chi connectivity index (χ2n) is 10.5. The number of hydrogen-bond acceptors (Lipinski definition) is 4. The minimum atomic E-state index is -3.96. The molecule has 0 heterocycles. The van der Waals surface area contributed by atoms with Gasteiger partial charge < -0.3 is 11.1 Å². The number of hydrogen-bond donors (Lipinski definition) is 3. The number of sulfonamides is 1. The first-order valence-corrected chi connectivity index (χ1v) is 13.1. The number of amides is 2. The van der Waals surface area contributed by atoms with Crippen molar-refractivity contribution in [2.75, 3.05) is 0 Å². The molecule has 2 unspecified atom stereocenters. The summed E-state index contributed by atoms with van der Waals surface area (Å²) in [5.41, 5.74) is 4.35. The normalized spacial score (nSPS) is 35.0. The first-order valence-electron chi connectivity index (χ1n) is 11.6. The maximum absolute atomic E-state index is 13.6. The third-order valence-corrected chi connectivity index (χ3v) is 10.1. The van der Waals surface area contributed by atoms with Crippen LogP contribution in [0.2, 0.25) is 0 Å². The number of rotatable bonds is 6. The molecule has 5 aliphatic rings. The van der Waals surface area contributed by atoms with Crippen LogP contribution >= 0.6 is 0 Å². The van der Waals surface area contributed by atoms with E-state index in [9.17, 15) is 18.0 Å². The van der Waals surface area contributed by atoms with Crippen molar-refractivity contribution in [1.29, 1.82) is 0 Å². The highest BCUT2D eigenvalue weighted by molar-refractivity contribution is 7.89. The van der Waals surface area contributed by atoms with Crippen molar-refractivity contribution in [1.82, 2.24) is 10.0 Å². The van der Waals surface area contributed by atoms with Crippen molar-refractivity contribution < 1.29 is 18.0 Å². The SMILES string of the molecule is [B]c1ccccc1S(=O)(=O)NC1(C(=O)NC2C3CC4CC2CC(C(N)=O)(C4)C3)CCCC1. The molecule has 5 saturated carbocycles. The summed E-state index contributed by atoms with van der Waals surface area (Å²) in [6.45, 7) is 0. The monoisotopic (exact) mass is 455 g/mol. The Morgan fingerprint density at radius 2 is 1.66 bits per heavy atom. The fourth-order valence-electron chi connectivity index (χ4n) is 7.24. The first-order chi connectivity index (χ1) is 15.1. The molecule has 0 aliphatic heterocycles. The van der Waals surface area contributed by atoms with E-state index in [1.165, 1.54) is 6.07 Å². The summed E-state index contributed by atoms with van der Waals surface area (Å²) in [6.07, 6.45) is 6.79. The van der Waals surface area contributed by atoms with Crippen LogP contribution in [-0.2, 0) is 19.6 Å². The quantitative estimate of drug-likeness (QED) is 0.552. The van der Waals surface area contributed by atoms with E-state index in [4.69, 9.17) is 13.6 Å². The predicted octanol–water partition coefficient (Wildman–Crippen LogP) is 0.868. The van der Waals surface area contributed by atoms with Crippen molar-refractivity contribution in [2.24, 2.45) is 28.9 Å². The summed E-state index contributed by atoms with van der Waals surface area (Å²) in [4.78, 5) is 25.8. The van der Waals surface area contributed by atoms with Crippen LogP contribution in [0.4, 0.5) is 0 Å². The van der Waals surface area contributed by atoms with E-state index >= 15 is 0 Å². The van der Waals surface area contributed by atoms with E-state index in [1.54, 1.807) is 18.2 Å². The molecule has 0 aromatic heterocycles. The zero-order valence-corrected chi connectivity index (χ0v) is 19.0. The van der Waals surface area contributed by atoms with Crippen molar-refractivity contribution in [2.45, 2.75) is 74.3 Å². The Kier molecular flexibility index (Phi) is 5.20. The Hall–Kier alpha value is -1.87. The van der Waals surface area contributed by atoms with E-state index in [1.807, 2.05) is 0 Å². The zero-order chi connectivity index (χ0) is 22.7. The number of primary amides is 1. The summed E-state index contributed by atoms with van der Waals surface area (Å²) >= 11 is 0. The zero-order valence-electron chi connectivity index (χ0n) is 18.2. The lowest BCUT2D eigenvalue weighted by molar-refractivity contribution is -0.148. The average molecular weight is 455 g/mol. The van der Waals surface area contributed by atoms with Crippen LogP contribution in [0.5, 0.6) is 0 Å². The molecule has 4 bridgehead atoms. The Labute approximate surface area is 190 Å². The van der Waals surface area contributed by atoms with Gasteiger partial charge in [-0.3, -0.25) is 9.59 Å². The molecule has 1 aromatic rings. The number of carbonyl (C=O) groups excluding carboxylic acids is 2. The van der Waals surface area contributed by atoms with Crippen molar-refractivity contribution >= 4 is 35.1 Å². The van der Waals surface area contributed by atoms with Gasteiger partial charge in [0.2, 0.25) is 21.8 Å². The van der Waals surface area contributed by atoms with Gasteiger partial charge in [-0.1, -0.05) is 36.5 Å². The number of nitrogens with one attached hydrogen (secondary N) is 2. The summed E-state index contributed by atoms with van der Waals surface area (Å²) < 4.78 is 29.0. The highest BCUT2D eigenvalue weighted by atomic mass is 32.2. The fourth-order valence-corrected chi connectivity index (χ4v) is 8.80. The van der Waals surface area contributed by atoms with Gasteiger partial charge in [0.05, 0.1) is 4.90 Å². The molecule has 1 aromatic carbocycles. The molecule has 2 amide bonds. The van der Waals surface area contributed by atoms with Gasteiger partial charge >= 0.3 is 0 Å². The minimum absolute atomic E-state index is 0.00269. The highest BCUT2D eigenvalue weighted by Crippen LogP contribution is 2.60. The molecule has 2 atom stereocenters. The summed E-state index contributed by atoms with van der Waals surface area (Å²) in [5, 5.41) is 3.24. The lowest BCUT2D eigenvalue weighted by atomic mass is 9.47. The van der Waals surface area contributed by atoms with Crippen LogP contribution < -0.4 is 21.2 Å². The molecule has 9 heteroatoms. The van der Waals surface area contributed by atoms with Gasteiger partial charge in [-0.05, 0) is 68.8 Å². The summed E-state index contributed by atoms with van der Waals surface area (Å²) in [7, 11) is 1.95. The third-order valence-electron chi connectivity index (χ3n) is 8.52. The van der Waals surface area contributed by atoms with Gasteiger partial charge in [-0.25, -0.2) is 8.42 Å². The molecule has 0 saturated heterocycles. The molecule has 2 radical (unpaired) electrons. The number of nitrogens with two attached hydrogens (primary N) is 1. The van der Waals surface area contributed by atoms with E-state index in [0.717, 1.165) is 44.9 Å². The molecule has 5 aliphatic carbocycles. The molecular weight excluding hydrogens is 425 g/mol. The Balaban J connectivity index is 1.37. The van der Waals surface area contributed by atoms with E-state index < -0.39 is 21.0 Å². The Bertz CT molecular complexity index is 1040.